The Morgan fingerprint density at radius 3 is 0.844 bits per heavy atom. The van der Waals surface area contributed by atoms with Gasteiger partial charge in [-0.3, -0.25) is 0 Å². The summed E-state index contributed by atoms with van der Waals surface area (Å²) in [5.74, 6) is 0. The SMILES string of the molecule is c1ccc(-c2ccc3c(c2)C2(C4=C(c5ccc(N(c6ccccc6)c6ccccc6-c6ccccc6)cc52)C2(c5cc(N(c6ccccc6)c6ccccc6-c6ccccc6)ccc54)c4ccccc4-c4ccc(-c5ccccc5)cc42)c2ccccc2-3)cc1. The van der Waals surface area contributed by atoms with E-state index in [0.29, 0.717) is 0 Å². The van der Waals surface area contributed by atoms with E-state index in [1.807, 2.05) is 0 Å². The number of allylic oxidation sites excluding steroid dienone is 2. The van der Waals surface area contributed by atoms with Crippen LogP contribution in [0.3, 0.4) is 0 Å². The Labute approximate surface area is 525 Å². The van der Waals surface area contributed by atoms with E-state index in [1.165, 1.54) is 111 Å². The lowest BCUT2D eigenvalue weighted by atomic mass is 9.66. The molecule has 0 bridgehead atoms. The highest BCUT2D eigenvalue weighted by molar-refractivity contribution is 6.20. The first-order valence-electron chi connectivity index (χ1n) is 31.3. The molecule has 2 heteroatoms. The lowest BCUT2D eigenvalue weighted by Crippen LogP contribution is -2.29. The van der Waals surface area contributed by atoms with Crippen LogP contribution in [0.5, 0.6) is 0 Å². The standard InChI is InChI=1S/C88H58N2/c1-7-27-59(28-8-1)63-47-51-73-71-41-19-23-43-77(71)87(79(73)55-63)81-57-67(89(65-35-15-5-16-36-65)83-45-25-21-39-69(83)61-31-11-3-12-32-61)49-53-75(81)86-85(87)76-54-50-68(90(66-37-17-6-18-38-66)84-46-26-22-40-70(84)62-33-13-4-14-34-62)58-82(76)88(86)78-44-24-20-42-72(78)74-52-48-64(56-80(74)88)60-29-9-2-10-30-60/h1-58H. The Morgan fingerprint density at radius 1 is 0.167 bits per heavy atom. The minimum Gasteiger partial charge on any atom is -0.310 e. The highest BCUT2D eigenvalue weighted by Gasteiger charge is 2.64. The van der Waals surface area contributed by atoms with E-state index in [2.05, 4.69) is 362 Å². The highest BCUT2D eigenvalue weighted by Crippen LogP contribution is 2.75. The minimum absolute atomic E-state index is 0.799. The topological polar surface area (TPSA) is 6.48 Å². The first-order chi connectivity index (χ1) is 44.7. The molecule has 2 atom stereocenters. The fraction of sp³-hybridized carbons (Fsp3) is 0.0227. The maximum Gasteiger partial charge on any atom is 0.0729 e. The Morgan fingerprint density at radius 2 is 0.456 bits per heavy atom. The first kappa shape index (κ1) is 51.6. The molecule has 14 aromatic carbocycles. The summed E-state index contributed by atoms with van der Waals surface area (Å²) in [6.07, 6.45) is 0. The summed E-state index contributed by atoms with van der Waals surface area (Å²) in [4.78, 5) is 4.99. The molecule has 0 amide bonds. The van der Waals surface area contributed by atoms with Crippen molar-refractivity contribution < 1.29 is 0 Å². The number of nitrogens with zero attached hydrogens (tertiary/aromatic N) is 2. The van der Waals surface area contributed by atoms with Gasteiger partial charge < -0.3 is 9.80 Å². The molecular formula is C88H58N2. The van der Waals surface area contributed by atoms with Gasteiger partial charge in [-0.25, -0.2) is 0 Å². The number of rotatable bonds is 10. The van der Waals surface area contributed by atoms with Crippen molar-refractivity contribution in [3.8, 4) is 66.8 Å². The Kier molecular flexibility index (Phi) is 11.8. The summed E-state index contributed by atoms with van der Waals surface area (Å²) in [5, 5.41) is 0. The lowest BCUT2D eigenvalue weighted by molar-refractivity contribution is 0.826. The van der Waals surface area contributed by atoms with E-state index >= 15 is 0 Å². The number of benzene rings is 14. The molecule has 2 nitrogen and oxygen atoms in total. The maximum absolute atomic E-state index is 2.59. The number of anilines is 6. The molecule has 4 aliphatic carbocycles. The monoisotopic (exact) mass is 1140 g/mol. The third kappa shape index (κ3) is 7.52. The van der Waals surface area contributed by atoms with Crippen LogP contribution >= 0.6 is 0 Å². The minimum atomic E-state index is -0.799. The molecule has 420 valence electrons. The molecule has 0 saturated heterocycles. The Hall–Kier alpha value is -11.6. The van der Waals surface area contributed by atoms with Crippen molar-refractivity contribution in [2.24, 2.45) is 0 Å². The molecule has 0 heterocycles. The quantitative estimate of drug-likeness (QED) is 0.135. The van der Waals surface area contributed by atoms with Crippen LogP contribution < -0.4 is 9.80 Å². The molecule has 0 fully saturated rings. The fourth-order valence-electron chi connectivity index (χ4n) is 16.1. The molecular weight excluding hydrogens is 1080 g/mol. The van der Waals surface area contributed by atoms with Crippen molar-refractivity contribution >= 4 is 45.3 Å². The second kappa shape index (κ2) is 20.5. The molecule has 90 heavy (non-hydrogen) atoms. The second-order valence-electron chi connectivity index (χ2n) is 24.2. The van der Waals surface area contributed by atoms with Crippen molar-refractivity contribution in [2.75, 3.05) is 9.80 Å². The summed E-state index contributed by atoms with van der Waals surface area (Å²) in [6, 6.07) is 132. The van der Waals surface area contributed by atoms with Gasteiger partial charge in [0, 0.05) is 33.9 Å². The molecule has 18 rings (SSSR count). The fourth-order valence-corrected chi connectivity index (χ4v) is 16.1. The van der Waals surface area contributed by atoms with E-state index in [9.17, 15) is 0 Å². The third-order valence-corrected chi connectivity index (χ3v) is 19.7. The smallest absolute Gasteiger partial charge is 0.0729 e. The van der Waals surface area contributed by atoms with Crippen molar-refractivity contribution in [3.05, 3.63) is 396 Å². The van der Waals surface area contributed by atoms with E-state index in [1.54, 1.807) is 0 Å². The van der Waals surface area contributed by atoms with Crippen LogP contribution in [-0.2, 0) is 10.8 Å². The van der Waals surface area contributed by atoms with Crippen molar-refractivity contribution in [3.63, 3.8) is 0 Å². The van der Waals surface area contributed by atoms with Crippen LogP contribution in [0.4, 0.5) is 34.1 Å². The largest absolute Gasteiger partial charge is 0.310 e. The van der Waals surface area contributed by atoms with Crippen LogP contribution in [0.25, 0.3) is 77.9 Å². The van der Waals surface area contributed by atoms with Crippen LogP contribution in [-0.4, -0.2) is 0 Å². The predicted molar refractivity (Wildman–Crippen MR) is 374 cm³/mol. The molecule has 2 spiro atoms. The number of hydrogen-bond acceptors (Lipinski definition) is 2. The van der Waals surface area contributed by atoms with Gasteiger partial charge in [0.25, 0.3) is 0 Å². The summed E-state index contributed by atoms with van der Waals surface area (Å²) in [7, 11) is 0. The van der Waals surface area contributed by atoms with Gasteiger partial charge in [0.1, 0.15) is 0 Å². The lowest BCUT2D eigenvalue weighted by Gasteiger charge is -2.37. The van der Waals surface area contributed by atoms with Crippen molar-refractivity contribution in [1.82, 2.24) is 0 Å². The normalized spacial score (nSPS) is 15.8. The summed E-state index contributed by atoms with van der Waals surface area (Å²) in [6.45, 7) is 0. The van der Waals surface area contributed by atoms with Gasteiger partial charge in [-0.2, -0.15) is 0 Å². The van der Waals surface area contributed by atoms with Gasteiger partial charge >= 0.3 is 0 Å². The van der Waals surface area contributed by atoms with Crippen molar-refractivity contribution in [2.45, 2.75) is 10.8 Å². The van der Waals surface area contributed by atoms with Crippen LogP contribution in [0, 0.1) is 0 Å². The van der Waals surface area contributed by atoms with Gasteiger partial charge in [0.05, 0.1) is 22.2 Å². The van der Waals surface area contributed by atoms with Gasteiger partial charge in [0.15, 0.2) is 0 Å². The first-order valence-corrected chi connectivity index (χ1v) is 31.3. The Bertz CT molecular complexity index is 4840. The molecule has 0 aliphatic heterocycles. The molecule has 0 aromatic heterocycles. The zero-order chi connectivity index (χ0) is 59.3. The summed E-state index contributed by atoms with van der Waals surface area (Å²) < 4.78 is 0. The molecule has 0 N–H and O–H groups in total. The number of para-hydroxylation sites is 4. The average molecular weight is 1140 g/mol. The summed E-state index contributed by atoms with van der Waals surface area (Å²) >= 11 is 0. The predicted octanol–water partition coefficient (Wildman–Crippen LogP) is 22.9. The molecule has 4 aliphatic rings. The zero-order valence-corrected chi connectivity index (χ0v) is 49.4. The van der Waals surface area contributed by atoms with Gasteiger partial charge in [-0.15, -0.1) is 0 Å². The number of fused-ring (bicyclic) bond motifs is 18. The second-order valence-corrected chi connectivity index (χ2v) is 24.2. The summed E-state index contributed by atoms with van der Waals surface area (Å²) in [5.41, 5.74) is 32.4. The van der Waals surface area contributed by atoms with Gasteiger partial charge in [-0.05, 0) is 184 Å². The van der Waals surface area contributed by atoms with Crippen molar-refractivity contribution in [1.29, 1.82) is 0 Å². The zero-order valence-electron chi connectivity index (χ0n) is 49.4. The molecule has 0 radical (unpaired) electrons. The number of hydrogen-bond donors (Lipinski definition) is 0. The average Bonchev–Trinajstić information content (AvgIpc) is 1.46. The molecule has 0 saturated carbocycles. The van der Waals surface area contributed by atoms with E-state index in [0.717, 1.165) is 45.3 Å². The molecule has 14 aromatic rings. The van der Waals surface area contributed by atoms with E-state index in [-0.39, 0.29) is 0 Å². The Balaban J connectivity index is 0.989. The van der Waals surface area contributed by atoms with Crippen LogP contribution in [0.15, 0.2) is 352 Å². The van der Waals surface area contributed by atoms with E-state index < -0.39 is 10.8 Å². The van der Waals surface area contributed by atoms with E-state index in [4.69, 9.17) is 0 Å². The van der Waals surface area contributed by atoms with Crippen LogP contribution in [0.2, 0.25) is 0 Å². The van der Waals surface area contributed by atoms with Gasteiger partial charge in [0.2, 0.25) is 0 Å². The van der Waals surface area contributed by atoms with Gasteiger partial charge in [-0.1, -0.05) is 279 Å². The highest BCUT2D eigenvalue weighted by atomic mass is 15.2. The third-order valence-electron chi connectivity index (χ3n) is 19.7. The molecule has 2 unspecified atom stereocenters. The van der Waals surface area contributed by atoms with Crippen LogP contribution in [0.1, 0.15) is 44.5 Å². The maximum atomic E-state index is 2.59.